The Morgan fingerprint density at radius 1 is 0.935 bits per heavy atom. The summed E-state index contributed by atoms with van der Waals surface area (Å²) in [4.78, 5) is 25.7. The number of methoxy groups -OCH3 is 1. The predicted octanol–water partition coefficient (Wildman–Crippen LogP) is 4.17. The van der Waals surface area contributed by atoms with Gasteiger partial charge in [-0.2, -0.15) is 0 Å². The minimum absolute atomic E-state index is 0.00317. The number of ether oxygens (including phenoxy) is 4. The summed E-state index contributed by atoms with van der Waals surface area (Å²) >= 11 is 0. The molecule has 31 heavy (non-hydrogen) atoms. The molecule has 1 aliphatic heterocycles. The highest BCUT2D eigenvalue weighted by molar-refractivity contribution is 6.35. The van der Waals surface area contributed by atoms with E-state index in [0.717, 1.165) is 5.56 Å². The summed E-state index contributed by atoms with van der Waals surface area (Å²) in [6.07, 6.45) is 0. The molecule has 0 bridgehead atoms. The zero-order valence-electron chi connectivity index (χ0n) is 16.7. The Morgan fingerprint density at radius 3 is 2.55 bits per heavy atom. The minimum atomic E-state index is -0.680. The Kier molecular flexibility index (Phi) is 4.67. The molecule has 154 valence electrons. The van der Waals surface area contributed by atoms with E-state index in [1.54, 1.807) is 36.4 Å². The summed E-state index contributed by atoms with van der Waals surface area (Å²) in [5.41, 5.74) is 3.25. The molecule has 0 saturated heterocycles. The van der Waals surface area contributed by atoms with Gasteiger partial charge in [0.15, 0.2) is 11.5 Å². The van der Waals surface area contributed by atoms with E-state index in [1.807, 2.05) is 30.3 Å². The highest BCUT2D eigenvalue weighted by atomic mass is 16.7. The largest absolute Gasteiger partial charge is 0.489 e. The molecule has 0 amide bonds. The van der Waals surface area contributed by atoms with Gasteiger partial charge >= 0.3 is 5.97 Å². The van der Waals surface area contributed by atoms with Crippen molar-refractivity contribution in [3.05, 3.63) is 94.6 Å². The maximum atomic E-state index is 13.2. The second-order valence-electron chi connectivity index (χ2n) is 7.12. The Morgan fingerprint density at radius 2 is 1.74 bits per heavy atom. The fourth-order valence-electron chi connectivity index (χ4n) is 3.79. The van der Waals surface area contributed by atoms with Crippen molar-refractivity contribution in [1.29, 1.82) is 0 Å². The van der Waals surface area contributed by atoms with Crippen LogP contribution in [-0.4, -0.2) is 25.7 Å². The molecule has 0 spiro atoms. The Balaban J connectivity index is 1.53. The molecule has 2 aliphatic rings. The normalized spacial score (nSPS) is 13.9. The number of fused-ring (bicyclic) bond motifs is 2. The first-order chi connectivity index (χ1) is 15.2. The number of ketones is 1. The molecule has 0 N–H and O–H groups in total. The van der Waals surface area contributed by atoms with Crippen LogP contribution in [0, 0.1) is 0 Å². The van der Waals surface area contributed by atoms with E-state index in [1.165, 1.54) is 7.11 Å². The van der Waals surface area contributed by atoms with Gasteiger partial charge in [-0.1, -0.05) is 36.4 Å². The number of hydrogen-bond acceptors (Lipinski definition) is 6. The van der Waals surface area contributed by atoms with Crippen LogP contribution in [0.5, 0.6) is 17.2 Å². The van der Waals surface area contributed by atoms with E-state index in [9.17, 15) is 9.59 Å². The number of esters is 1. The van der Waals surface area contributed by atoms with Gasteiger partial charge in [-0.15, -0.1) is 0 Å². The maximum absolute atomic E-state index is 13.2. The smallest absolute Gasteiger partial charge is 0.342 e. The Bertz CT molecular complexity index is 1230. The Hall–Kier alpha value is -4.06. The maximum Gasteiger partial charge on any atom is 0.342 e. The summed E-state index contributed by atoms with van der Waals surface area (Å²) < 4.78 is 21.6. The molecule has 0 radical (unpaired) electrons. The average molecular weight is 414 g/mol. The van der Waals surface area contributed by atoms with E-state index >= 15 is 0 Å². The monoisotopic (exact) mass is 414 g/mol. The van der Waals surface area contributed by atoms with Crippen molar-refractivity contribution in [3.63, 3.8) is 0 Å². The van der Waals surface area contributed by atoms with Crippen LogP contribution in [0.4, 0.5) is 0 Å². The first-order valence-corrected chi connectivity index (χ1v) is 9.74. The summed E-state index contributed by atoms with van der Waals surface area (Å²) in [6.45, 7) is 0.513. The second-order valence-corrected chi connectivity index (χ2v) is 7.12. The molecule has 0 atom stereocenters. The minimum Gasteiger partial charge on any atom is -0.489 e. The zero-order chi connectivity index (χ0) is 21.4. The average Bonchev–Trinajstić information content (AvgIpc) is 3.39. The van der Waals surface area contributed by atoms with Crippen LogP contribution in [0.1, 0.15) is 27.0 Å². The molecule has 0 saturated carbocycles. The van der Waals surface area contributed by atoms with Crippen molar-refractivity contribution in [2.45, 2.75) is 6.61 Å². The van der Waals surface area contributed by atoms with Gasteiger partial charge in [0, 0.05) is 11.1 Å². The van der Waals surface area contributed by atoms with Crippen LogP contribution in [0.25, 0.3) is 5.57 Å². The quantitative estimate of drug-likeness (QED) is 0.461. The van der Waals surface area contributed by atoms with Crippen LogP contribution in [-0.2, 0) is 16.1 Å². The second kappa shape index (κ2) is 7.65. The fraction of sp³-hybridized carbons (Fsp3) is 0.120. The van der Waals surface area contributed by atoms with Crippen LogP contribution < -0.4 is 14.2 Å². The molecule has 6 heteroatoms. The van der Waals surface area contributed by atoms with Crippen molar-refractivity contribution in [2.24, 2.45) is 0 Å². The lowest BCUT2D eigenvalue weighted by Gasteiger charge is -2.10. The molecule has 1 aliphatic carbocycles. The Labute approximate surface area is 178 Å². The number of rotatable bonds is 5. The summed E-state index contributed by atoms with van der Waals surface area (Å²) in [7, 11) is 1.26. The van der Waals surface area contributed by atoms with Crippen molar-refractivity contribution in [2.75, 3.05) is 13.9 Å². The topological polar surface area (TPSA) is 71.1 Å². The third kappa shape index (κ3) is 3.32. The molecule has 0 fully saturated rings. The van der Waals surface area contributed by atoms with Crippen LogP contribution >= 0.6 is 0 Å². The summed E-state index contributed by atoms with van der Waals surface area (Å²) in [5, 5.41) is 0. The van der Waals surface area contributed by atoms with Crippen molar-refractivity contribution in [3.8, 4) is 17.2 Å². The molecule has 3 aromatic rings. The van der Waals surface area contributed by atoms with Gasteiger partial charge in [-0.25, -0.2) is 4.79 Å². The van der Waals surface area contributed by atoms with Gasteiger partial charge < -0.3 is 18.9 Å². The van der Waals surface area contributed by atoms with Gasteiger partial charge in [0.2, 0.25) is 12.6 Å². The third-order valence-corrected chi connectivity index (χ3v) is 5.28. The molecule has 1 heterocycles. The third-order valence-electron chi connectivity index (χ3n) is 5.28. The van der Waals surface area contributed by atoms with E-state index in [-0.39, 0.29) is 18.1 Å². The van der Waals surface area contributed by atoms with Gasteiger partial charge in [0.25, 0.3) is 0 Å². The highest BCUT2D eigenvalue weighted by Crippen LogP contribution is 2.42. The molecular formula is C25H18O6. The lowest BCUT2D eigenvalue weighted by Crippen LogP contribution is -2.12. The molecular weight excluding hydrogens is 396 g/mol. The first-order valence-electron chi connectivity index (χ1n) is 9.74. The van der Waals surface area contributed by atoms with Crippen molar-refractivity contribution in [1.82, 2.24) is 0 Å². The highest BCUT2D eigenvalue weighted by Gasteiger charge is 2.36. The van der Waals surface area contributed by atoms with E-state index in [4.69, 9.17) is 18.9 Å². The molecule has 0 aromatic heterocycles. The molecule has 3 aromatic carbocycles. The standard InChI is InChI=1S/C25H18O6/c1-28-25(27)23-22(16-7-10-20-21(11-16)31-14-30-20)18-9-8-17(12-19(18)24(23)26)29-13-15-5-3-2-4-6-15/h2-12H,13-14H2,1H3. The van der Waals surface area contributed by atoms with E-state index in [2.05, 4.69) is 0 Å². The number of Topliss-reactive ketones (excluding diaryl/α,β-unsaturated/α-hetero) is 1. The van der Waals surface area contributed by atoms with E-state index < -0.39 is 5.97 Å². The first kappa shape index (κ1) is 18.9. The number of carbonyl (C=O) groups is 2. The lowest BCUT2D eigenvalue weighted by molar-refractivity contribution is -0.135. The van der Waals surface area contributed by atoms with Crippen LogP contribution in [0.2, 0.25) is 0 Å². The van der Waals surface area contributed by atoms with Gasteiger partial charge in [0.05, 0.1) is 7.11 Å². The number of hydrogen-bond donors (Lipinski definition) is 0. The lowest BCUT2D eigenvalue weighted by atomic mass is 9.97. The molecule has 6 nitrogen and oxygen atoms in total. The van der Waals surface area contributed by atoms with Gasteiger partial charge in [-0.3, -0.25) is 4.79 Å². The fourth-order valence-corrected chi connectivity index (χ4v) is 3.79. The number of carbonyl (C=O) groups excluding carboxylic acids is 2. The van der Waals surface area contributed by atoms with Crippen LogP contribution in [0.3, 0.4) is 0 Å². The number of benzene rings is 3. The SMILES string of the molecule is COC(=O)C1=C(c2ccc3c(c2)OCO3)c2ccc(OCc3ccccc3)cc2C1=O. The predicted molar refractivity (Wildman–Crippen MR) is 112 cm³/mol. The van der Waals surface area contributed by atoms with Crippen molar-refractivity contribution < 1.29 is 28.5 Å². The molecule has 0 unspecified atom stereocenters. The summed E-state index contributed by atoms with van der Waals surface area (Å²) in [5.74, 6) is 0.670. The van der Waals surface area contributed by atoms with Crippen molar-refractivity contribution >= 4 is 17.3 Å². The van der Waals surface area contributed by atoms with Crippen LogP contribution in [0.15, 0.2) is 72.3 Å². The zero-order valence-corrected chi connectivity index (χ0v) is 16.7. The molecule has 5 rings (SSSR count). The van der Waals surface area contributed by atoms with E-state index in [0.29, 0.717) is 46.1 Å². The van der Waals surface area contributed by atoms with Gasteiger partial charge in [0.1, 0.15) is 17.9 Å². The van der Waals surface area contributed by atoms with Gasteiger partial charge in [-0.05, 0) is 47.0 Å². The summed E-state index contributed by atoms with van der Waals surface area (Å²) in [6, 6.07) is 20.3.